The molecule has 1 N–H and O–H groups in total. The summed E-state index contributed by atoms with van der Waals surface area (Å²) in [7, 11) is 0. The number of ketones is 1. The van der Waals surface area contributed by atoms with Crippen LogP contribution in [-0.4, -0.2) is 12.0 Å². The van der Waals surface area contributed by atoms with Gasteiger partial charge in [-0.2, -0.15) is 0 Å². The SMILES string of the molecule is CS/C(=C\C(=O)c1ccc(-c2ccccc2)cc1)Nc1ccccc1. The van der Waals surface area contributed by atoms with Crippen molar-refractivity contribution in [3.63, 3.8) is 0 Å². The van der Waals surface area contributed by atoms with Gasteiger partial charge >= 0.3 is 0 Å². The molecule has 0 heterocycles. The van der Waals surface area contributed by atoms with Crippen LogP contribution < -0.4 is 5.32 Å². The monoisotopic (exact) mass is 345 g/mol. The van der Waals surface area contributed by atoms with Crippen LogP contribution in [0, 0.1) is 0 Å². The molecule has 0 aliphatic heterocycles. The van der Waals surface area contributed by atoms with E-state index >= 15 is 0 Å². The van der Waals surface area contributed by atoms with E-state index in [4.69, 9.17) is 0 Å². The number of allylic oxidation sites excluding steroid dienone is 1. The van der Waals surface area contributed by atoms with Crippen molar-refractivity contribution in [2.24, 2.45) is 0 Å². The van der Waals surface area contributed by atoms with E-state index in [0.29, 0.717) is 5.56 Å². The summed E-state index contributed by atoms with van der Waals surface area (Å²) >= 11 is 1.52. The van der Waals surface area contributed by atoms with Gasteiger partial charge in [-0.15, -0.1) is 11.8 Å². The van der Waals surface area contributed by atoms with Crippen LogP contribution >= 0.6 is 11.8 Å². The molecule has 0 radical (unpaired) electrons. The van der Waals surface area contributed by atoms with Crippen LogP contribution in [0.1, 0.15) is 10.4 Å². The average molecular weight is 345 g/mol. The molecule has 25 heavy (non-hydrogen) atoms. The molecule has 0 saturated carbocycles. The molecule has 0 aliphatic rings. The highest BCUT2D eigenvalue weighted by atomic mass is 32.2. The van der Waals surface area contributed by atoms with Gasteiger partial charge in [-0.1, -0.05) is 72.8 Å². The van der Waals surface area contributed by atoms with E-state index in [-0.39, 0.29) is 5.78 Å². The zero-order valence-corrected chi connectivity index (χ0v) is 14.8. The highest BCUT2D eigenvalue weighted by Crippen LogP contribution is 2.21. The van der Waals surface area contributed by atoms with Crippen LogP contribution in [0.5, 0.6) is 0 Å². The minimum Gasteiger partial charge on any atom is -0.350 e. The number of para-hydroxylation sites is 1. The van der Waals surface area contributed by atoms with Crippen LogP contribution in [0.2, 0.25) is 0 Å². The molecule has 0 unspecified atom stereocenters. The maximum absolute atomic E-state index is 12.5. The van der Waals surface area contributed by atoms with Gasteiger partial charge in [0.15, 0.2) is 5.78 Å². The van der Waals surface area contributed by atoms with Crippen molar-refractivity contribution in [2.45, 2.75) is 0 Å². The van der Waals surface area contributed by atoms with Gasteiger partial charge in [-0.05, 0) is 29.5 Å². The first kappa shape index (κ1) is 17.1. The predicted octanol–water partition coefficient (Wildman–Crippen LogP) is 5.85. The number of thioether (sulfide) groups is 1. The Bertz CT molecular complexity index is 856. The zero-order valence-electron chi connectivity index (χ0n) is 14.0. The zero-order chi connectivity index (χ0) is 17.5. The van der Waals surface area contributed by atoms with Gasteiger partial charge in [-0.25, -0.2) is 0 Å². The third kappa shape index (κ3) is 4.61. The summed E-state index contributed by atoms with van der Waals surface area (Å²) in [5.41, 5.74) is 3.90. The lowest BCUT2D eigenvalue weighted by Crippen LogP contribution is -2.01. The maximum atomic E-state index is 12.5. The molecule has 0 aliphatic carbocycles. The number of hydrogen-bond acceptors (Lipinski definition) is 3. The summed E-state index contributed by atoms with van der Waals surface area (Å²) in [4.78, 5) is 12.5. The molecule has 0 aromatic heterocycles. The lowest BCUT2D eigenvalue weighted by atomic mass is 10.0. The number of carbonyl (C=O) groups excluding carboxylic acids is 1. The lowest BCUT2D eigenvalue weighted by Gasteiger charge is -2.08. The molecule has 0 atom stereocenters. The molecule has 0 fully saturated rings. The minimum absolute atomic E-state index is 0.00704. The van der Waals surface area contributed by atoms with E-state index in [1.54, 1.807) is 6.08 Å². The largest absolute Gasteiger partial charge is 0.350 e. The molecule has 3 rings (SSSR count). The first-order valence-electron chi connectivity index (χ1n) is 8.04. The molecule has 0 bridgehead atoms. The van der Waals surface area contributed by atoms with Gasteiger partial charge in [0.25, 0.3) is 0 Å². The average Bonchev–Trinajstić information content (AvgIpc) is 2.69. The van der Waals surface area contributed by atoms with Crippen LogP contribution in [0.3, 0.4) is 0 Å². The smallest absolute Gasteiger partial charge is 0.188 e. The summed E-state index contributed by atoms with van der Waals surface area (Å²) in [5, 5.41) is 4.09. The highest BCUT2D eigenvalue weighted by Gasteiger charge is 2.06. The van der Waals surface area contributed by atoms with Crippen LogP contribution in [0.4, 0.5) is 5.69 Å². The van der Waals surface area contributed by atoms with Gasteiger partial charge in [0.2, 0.25) is 0 Å². The van der Waals surface area contributed by atoms with Crippen LogP contribution in [0.15, 0.2) is 96.0 Å². The Morgan fingerprint density at radius 1 is 0.800 bits per heavy atom. The second kappa shape index (κ2) is 8.36. The van der Waals surface area contributed by atoms with E-state index in [2.05, 4.69) is 17.4 Å². The fourth-order valence-electron chi connectivity index (χ4n) is 2.47. The first-order chi connectivity index (χ1) is 12.3. The standard InChI is InChI=1S/C22H19NOS/c1-25-22(23-20-10-6-3-7-11-20)16-21(24)19-14-12-18(13-15-19)17-8-4-2-5-9-17/h2-16,23H,1H3/b22-16-. The lowest BCUT2D eigenvalue weighted by molar-refractivity contribution is 0.104. The molecular formula is C22H19NOS. The van der Waals surface area contributed by atoms with Crippen molar-refractivity contribution >= 4 is 23.2 Å². The van der Waals surface area contributed by atoms with Gasteiger partial charge in [0, 0.05) is 17.3 Å². The van der Waals surface area contributed by atoms with E-state index in [9.17, 15) is 4.79 Å². The van der Waals surface area contributed by atoms with Crippen molar-refractivity contribution in [3.05, 3.63) is 102 Å². The van der Waals surface area contributed by atoms with Crippen LogP contribution in [-0.2, 0) is 0 Å². The Labute approximate surface area is 152 Å². The summed E-state index contributed by atoms with van der Waals surface area (Å²) < 4.78 is 0. The van der Waals surface area contributed by atoms with Crippen molar-refractivity contribution in [3.8, 4) is 11.1 Å². The molecule has 3 aromatic rings. The fourth-order valence-corrected chi connectivity index (χ4v) is 2.91. The van der Waals surface area contributed by atoms with E-state index < -0.39 is 0 Å². The Kier molecular flexibility index (Phi) is 5.70. The van der Waals surface area contributed by atoms with Crippen molar-refractivity contribution in [1.29, 1.82) is 0 Å². The van der Waals surface area contributed by atoms with Crippen molar-refractivity contribution in [2.75, 3.05) is 11.6 Å². The minimum atomic E-state index is -0.00704. The van der Waals surface area contributed by atoms with Crippen molar-refractivity contribution < 1.29 is 4.79 Å². The molecule has 124 valence electrons. The maximum Gasteiger partial charge on any atom is 0.188 e. The Hall–Kier alpha value is -2.78. The highest BCUT2D eigenvalue weighted by molar-refractivity contribution is 8.02. The molecular weight excluding hydrogens is 326 g/mol. The molecule has 0 amide bonds. The van der Waals surface area contributed by atoms with Crippen molar-refractivity contribution in [1.82, 2.24) is 0 Å². The third-order valence-electron chi connectivity index (χ3n) is 3.80. The van der Waals surface area contributed by atoms with E-state index in [0.717, 1.165) is 21.8 Å². The fraction of sp³-hybridized carbons (Fsp3) is 0.0455. The Morgan fingerprint density at radius 3 is 1.96 bits per heavy atom. The Balaban J connectivity index is 1.75. The number of hydrogen-bond donors (Lipinski definition) is 1. The molecule has 3 aromatic carbocycles. The van der Waals surface area contributed by atoms with Gasteiger partial charge in [0.1, 0.15) is 0 Å². The summed E-state index contributed by atoms with van der Waals surface area (Å²) in [5.74, 6) is -0.00704. The van der Waals surface area contributed by atoms with Gasteiger partial charge < -0.3 is 5.32 Å². The molecule has 0 spiro atoms. The number of anilines is 1. The second-order valence-electron chi connectivity index (χ2n) is 5.51. The topological polar surface area (TPSA) is 29.1 Å². The third-order valence-corrected chi connectivity index (χ3v) is 4.46. The van der Waals surface area contributed by atoms with E-state index in [1.807, 2.05) is 79.1 Å². The van der Waals surface area contributed by atoms with E-state index in [1.165, 1.54) is 11.8 Å². The van der Waals surface area contributed by atoms with Gasteiger partial charge in [0.05, 0.1) is 5.03 Å². The summed E-state index contributed by atoms with van der Waals surface area (Å²) in [6.07, 6.45) is 3.60. The number of carbonyl (C=O) groups is 1. The molecule has 2 nitrogen and oxygen atoms in total. The number of rotatable bonds is 6. The predicted molar refractivity (Wildman–Crippen MR) is 108 cm³/mol. The molecule has 3 heteroatoms. The number of nitrogens with one attached hydrogen (secondary N) is 1. The summed E-state index contributed by atoms with van der Waals surface area (Å²) in [6, 6.07) is 27.7. The molecule has 0 saturated heterocycles. The Morgan fingerprint density at radius 2 is 1.36 bits per heavy atom. The quantitative estimate of drug-likeness (QED) is 0.448. The van der Waals surface area contributed by atoms with Crippen LogP contribution in [0.25, 0.3) is 11.1 Å². The first-order valence-corrected chi connectivity index (χ1v) is 9.26. The number of benzene rings is 3. The van der Waals surface area contributed by atoms with Gasteiger partial charge in [-0.3, -0.25) is 4.79 Å². The normalized spacial score (nSPS) is 11.2. The second-order valence-corrected chi connectivity index (χ2v) is 6.36. The summed E-state index contributed by atoms with van der Waals surface area (Å²) in [6.45, 7) is 0.